The van der Waals surface area contributed by atoms with Gasteiger partial charge in [0, 0.05) is 23.9 Å². The zero-order chi connectivity index (χ0) is 25.9. The van der Waals surface area contributed by atoms with E-state index in [-0.39, 0.29) is 10.8 Å². The molecule has 0 aliphatic heterocycles. The fourth-order valence-electron chi connectivity index (χ4n) is 3.46. The Morgan fingerprint density at radius 2 is 1.78 bits per heavy atom. The molecule has 0 bridgehead atoms. The number of benzene rings is 2. The van der Waals surface area contributed by atoms with E-state index in [1.165, 1.54) is 0 Å². The third-order valence-corrected chi connectivity index (χ3v) is 7.82. The molecule has 0 fully saturated rings. The number of carbonyl (C=O) groups excluding carboxylic acids is 1. The molecule has 0 spiro atoms. The monoisotopic (exact) mass is 507 g/mol. The maximum absolute atomic E-state index is 12.8. The van der Waals surface area contributed by atoms with Gasteiger partial charge < -0.3 is 19.9 Å². The van der Waals surface area contributed by atoms with Crippen molar-refractivity contribution >= 4 is 32.6 Å². The van der Waals surface area contributed by atoms with E-state index >= 15 is 0 Å². The molecule has 36 heavy (non-hydrogen) atoms. The molecule has 0 atom stereocenters. The highest BCUT2D eigenvalue weighted by molar-refractivity contribution is 7.92. The molecule has 1 amide bonds. The van der Waals surface area contributed by atoms with Gasteiger partial charge >= 0.3 is 0 Å². The van der Waals surface area contributed by atoms with Crippen LogP contribution < -0.4 is 10.1 Å². The van der Waals surface area contributed by atoms with Gasteiger partial charge in [0.2, 0.25) is 0 Å². The molecule has 2 N–H and O–H groups in total. The first-order valence-corrected chi connectivity index (χ1v) is 13.1. The molecular weight excluding hydrogens is 478 g/mol. The summed E-state index contributed by atoms with van der Waals surface area (Å²) in [7, 11) is 0.597. The number of fused-ring (bicyclic) bond motifs is 1. The standard InChI is InChI=1S/C26H29N5O4S/c1-17(2)36(33,34)21-11-7-18(8-12-21)22-15-27-25-24(29-22)23(16-28-25)30-26(32)19-5-9-20(10-6-19)35-14-13-31(3)4/h5-12,15-17H,13-14H2,1-4H3,(H,27,28)(H,30,32). The zero-order valence-electron chi connectivity index (χ0n) is 20.6. The van der Waals surface area contributed by atoms with Crippen LogP contribution in [0, 0.1) is 0 Å². The third kappa shape index (κ3) is 5.55. The van der Waals surface area contributed by atoms with E-state index in [0.29, 0.717) is 40.5 Å². The van der Waals surface area contributed by atoms with Crippen LogP contribution in [0.25, 0.3) is 22.4 Å². The number of nitrogens with zero attached hydrogens (tertiary/aromatic N) is 3. The summed E-state index contributed by atoms with van der Waals surface area (Å²) in [5, 5.41) is 2.38. The highest BCUT2D eigenvalue weighted by atomic mass is 32.2. The second-order valence-corrected chi connectivity index (χ2v) is 11.4. The van der Waals surface area contributed by atoms with Crippen molar-refractivity contribution in [3.63, 3.8) is 0 Å². The summed E-state index contributed by atoms with van der Waals surface area (Å²) >= 11 is 0. The largest absolute Gasteiger partial charge is 0.492 e. The van der Waals surface area contributed by atoms with Gasteiger partial charge in [0.25, 0.3) is 5.91 Å². The molecular formula is C26H29N5O4S. The summed E-state index contributed by atoms with van der Waals surface area (Å²) < 4.78 is 30.5. The number of anilines is 1. The number of ether oxygens (including phenoxy) is 1. The second-order valence-electron chi connectivity index (χ2n) is 8.90. The van der Waals surface area contributed by atoms with Gasteiger partial charge in [-0.15, -0.1) is 0 Å². The number of sulfone groups is 1. The van der Waals surface area contributed by atoms with Gasteiger partial charge in [-0.1, -0.05) is 12.1 Å². The molecule has 0 unspecified atom stereocenters. The topological polar surface area (TPSA) is 117 Å². The number of nitrogens with one attached hydrogen (secondary N) is 2. The summed E-state index contributed by atoms with van der Waals surface area (Å²) in [5.74, 6) is 0.411. The van der Waals surface area contributed by atoms with Crippen LogP contribution in [-0.4, -0.2) is 66.7 Å². The number of hydrogen-bond donors (Lipinski definition) is 2. The first-order valence-electron chi connectivity index (χ1n) is 11.5. The van der Waals surface area contributed by atoms with Crippen LogP contribution in [0.5, 0.6) is 5.75 Å². The Morgan fingerprint density at radius 1 is 1.08 bits per heavy atom. The van der Waals surface area contributed by atoms with Gasteiger partial charge in [0.05, 0.1) is 27.7 Å². The zero-order valence-corrected chi connectivity index (χ0v) is 21.5. The minimum atomic E-state index is -3.36. The van der Waals surface area contributed by atoms with Crippen LogP contribution in [0.2, 0.25) is 0 Å². The predicted molar refractivity (Wildman–Crippen MR) is 140 cm³/mol. The van der Waals surface area contributed by atoms with Gasteiger partial charge in [-0.2, -0.15) is 0 Å². The minimum Gasteiger partial charge on any atom is -0.492 e. The Balaban J connectivity index is 1.51. The molecule has 4 aromatic rings. The SMILES string of the molecule is CC(C)S(=O)(=O)c1ccc(-c2cnc3[nH]cc(NC(=O)c4ccc(OCCN(C)C)cc4)c3n2)cc1. The van der Waals surface area contributed by atoms with Gasteiger partial charge in [-0.05, 0) is 64.3 Å². The van der Waals surface area contributed by atoms with Crippen LogP contribution in [0.3, 0.4) is 0 Å². The fourth-order valence-corrected chi connectivity index (χ4v) is 4.52. The van der Waals surface area contributed by atoms with E-state index in [9.17, 15) is 13.2 Å². The average molecular weight is 508 g/mol. The number of aromatic amines is 1. The number of amides is 1. The lowest BCUT2D eigenvalue weighted by Crippen LogP contribution is -2.19. The Kier molecular flexibility index (Phi) is 7.37. The molecule has 0 radical (unpaired) electrons. The summed E-state index contributed by atoms with van der Waals surface area (Å²) in [6.07, 6.45) is 3.24. The molecule has 0 aliphatic carbocycles. The van der Waals surface area contributed by atoms with Gasteiger partial charge in [-0.3, -0.25) is 4.79 Å². The van der Waals surface area contributed by atoms with Crippen molar-refractivity contribution in [1.29, 1.82) is 0 Å². The van der Waals surface area contributed by atoms with Crippen molar-refractivity contribution in [3.05, 3.63) is 66.5 Å². The normalized spacial score (nSPS) is 11.8. The van der Waals surface area contributed by atoms with E-state index in [2.05, 4.69) is 20.3 Å². The number of hydrogen-bond acceptors (Lipinski definition) is 7. The molecule has 0 saturated carbocycles. The highest BCUT2D eigenvalue weighted by Gasteiger charge is 2.19. The summed E-state index contributed by atoms with van der Waals surface area (Å²) in [6, 6.07) is 13.5. The van der Waals surface area contributed by atoms with Crippen LogP contribution in [-0.2, 0) is 9.84 Å². The Morgan fingerprint density at radius 3 is 2.42 bits per heavy atom. The minimum absolute atomic E-state index is 0.263. The lowest BCUT2D eigenvalue weighted by Gasteiger charge is -2.11. The van der Waals surface area contributed by atoms with Crippen molar-refractivity contribution in [1.82, 2.24) is 19.9 Å². The predicted octanol–water partition coefficient (Wildman–Crippen LogP) is 4.00. The molecule has 188 valence electrons. The van der Waals surface area contributed by atoms with E-state index in [1.807, 2.05) is 19.0 Å². The quantitative estimate of drug-likeness (QED) is 0.352. The van der Waals surface area contributed by atoms with Crippen LogP contribution in [0.4, 0.5) is 5.69 Å². The molecule has 2 aromatic heterocycles. The number of carbonyl (C=O) groups is 1. The van der Waals surface area contributed by atoms with Crippen LogP contribution >= 0.6 is 0 Å². The maximum atomic E-state index is 12.8. The smallest absolute Gasteiger partial charge is 0.255 e. The van der Waals surface area contributed by atoms with Gasteiger partial charge in [-0.25, -0.2) is 18.4 Å². The van der Waals surface area contributed by atoms with E-state index < -0.39 is 15.1 Å². The first-order chi connectivity index (χ1) is 17.1. The third-order valence-electron chi connectivity index (χ3n) is 5.65. The van der Waals surface area contributed by atoms with Crippen molar-refractivity contribution < 1.29 is 17.9 Å². The second kappa shape index (κ2) is 10.5. The molecule has 9 nitrogen and oxygen atoms in total. The van der Waals surface area contributed by atoms with E-state index in [4.69, 9.17) is 4.74 Å². The highest BCUT2D eigenvalue weighted by Crippen LogP contribution is 2.26. The van der Waals surface area contributed by atoms with Crippen molar-refractivity contribution in [2.75, 3.05) is 32.6 Å². The number of rotatable bonds is 9. The van der Waals surface area contributed by atoms with Crippen molar-refractivity contribution in [2.24, 2.45) is 0 Å². The lowest BCUT2D eigenvalue weighted by atomic mass is 10.1. The fraction of sp³-hybridized carbons (Fsp3) is 0.269. The first kappa shape index (κ1) is 25.3. The summed E-state index contributed by atoms with van der Waals surface area (Å²) in [4.78, 5) is 27.2. The molecule has 2 aromatic carbocycles. The van der Waals surface area contributed by atoms with E-state index in [0.717, 1.165) is 12.1 Å². The van der Waals surface area contributed by atoms with Crippen LogP contribution in [0.1, 0.15) is 24.2 Å². The summed E-state index contributed by atoms with van der Waals surface area (Å²) in [6.45, 7) is 4.66. The Bertz CT molecular complexity index is 1460. The van der Waals surface area contributed by atoms with E-state index in [1.54, 1.807) is 74.8 Å². The molecule has 0 aliphatic rings. The number of likely N-dealkylation sites (N-methyl/N-ethyl adjacent to an activating group) is 1. The average Bonchev–Trinajstić information content (AvgIpc) is 3.26. The number of aromatic nitrogens is 3. The number of H-pyrrole nitrogens is 1. The molecule has 0 saturated heterocycles. The Hall–Kier alpha value is -3.76. The maximum Gasteiger partial charge on any atom is 0.255 e. The molecule has 10 heteroatoms. The van der Waals surface area contributed by atoms with Crippen molar-refractivity contribution in [2.45, 2.75) is 24.0 Å². The van der Waals surface area contributed by atoms with Crippen molar-refractivity contribution in [3.8, 4) is 17.0 Å². The van der Waals surface area contributed by atoms with Crippen LogP contribution in [0.15, 0.2) is 65.8 Å². The molecule has 4 rings (SSSR count). The van der Waals surface area contributed by atoms with Gasteiger partial charge in [0.15, 0.2) is 15.5 Å². The summed E-state index contributed by atoms with van der Waals surface area (Å²) in [5.41, 5.74) is 3.28. The van der Waals surface area contributed by atoms with Gasteiger partial charge in [0.1, 0.15) is 17.9 Å². The molecule has 2 heterocycles. The lowest BCUT2D eigenvalue weighted by molar-refractivity contribution is 0.102. The Labute approximate surface area is 210 Å².